The molecule has 0 aromatic heterocycles. The van der Waals surface area contributed by atoms with E-state index in [1.165, 1.54) is 6.21 Å². The van der Waals surface area contributed by atoms with E-state index in [0.717, 1.165) is 5.56 Å². The third-order valence-corrected chi connectivity index (χ3v) is 2.49. The van der Waals surface area contributed by atoms with Crippen LogP contribution in [0.1, 0.15) is 11.5 Å². The van der Waals surface area contributed by atoms with Crippen molar-refractivity contribution in [1.82, 2.24) is 0 Å². The van der Waals surface area contributed by atoms with E-state index >= 15 is 0 Å². The van der Waals surface area contributed by atoms with Gasteiger partial charge in [0.05, 0.1) is 19.3 Å². The van der Waals surface area contributed by atoms with Gasteiger partial charge in [0.15, 0.2) is 0 Å². The highest BCUT2D eigenvalue weighted by Gasteiger charge is 2.20. The zero-order valence-electron chi connectivity index (χ0n) is 8.74. The Morgan fingerprint density at radius 2 is 2.12 bits per heavy atom. The summed E-state index contributed by atoms with van der Waals surface area (Å²) in [5, 5.41) is 9.11. The summed E-state index contributed by atoms with van der Waals surface area (Å²) in [6.45, 7) is 1.19. The highest BCUT2D eigenvalue weighted by molar-refractivity contribution is 5.95. The first kappa shape index (κ1) is 10.8. The van der Waals surface area contributed by atoms with Crippen molar-refractivity contribution in [3.8, 4) is 0 Å². The van der Waals surface area contributed by atoms with Crippen molar-refractivity contribution in [2.75, 3.05) is 13.2 Å². The number of benzene rings is 1. The highest BCUT2D eigenvalue weighted by Crippen LogP contribution is 2.15. The van der Waals surface area contributed by atoms with Gasteiger partial charge in [-0.25, -0.2) is 0 Å². The Bertz CT molecular complexity index is 385. The van der Waals surface area contributed by atoms with Crippen LogP contribution in [0.15, 0.2) is 35.3 Å². The summed E-state index contributed by atoms with van der Waals surface area (Å²) in [5.74, 6) is -1.54. The molecule has 1 N–H and O–H groups in total. The summed E-state index contributed by atoms with van der Waals surface area (Å²) in [6, 6.07) is 9.23. The predicted molar refractivity (Wildman–Crippen MR) is 59.9 cm³/mol. The Kier molecular flexibility index (Phi) is 3.31. The monoisotopic (exact) mass is 219 g/mol. The van der Waals surface area contributed by atoms with Gasteiger partial charge in [-0.05, 0) is 5.56 Å². The van der Waals surface area contributed by atoms with E-state index in [1.54, 1.807) is 12.1 Å². The van der Waals surface area contributed by atoms with E-state index in [1.807, 2.05) is 18.2 Å². The fourth-order valence-electron chi connectivity index (χ4n) is 1.47. The van der Waals surface area contributed by atoms with Crippen LogP contribution in [0, 0.1) is 0 Å². The second-order valence-electron chi connectivity index (χ2n) is 3.72. The van der Waals surface area contributed by atoms with Crippen LogP contribution in [0.4, 0.5) is 0 Å². The maximum atomic E-state index is 11.1. The Balaban J connectivity index is 2.11. The third-order valence-electron chi connectivity index (χ3n) is 2.49. The van der Waals surface area contributed by atoms with Crippen LogP contribution < -0.4 is 0 Å². The molecule has 16 heavy (non-hydrogen) atoms. The van der Waals surface area contributed by atoms with Crippen LogP contribution in [0.3, 0.4) is 0 Å². The molecule has 0 amide bonds. The molecule has 2 rings (SSSR count). The first-order valence-electron chi connectivity index (χ1n) is 5.16. The zero-order valence-corrected chi connectivity index (χ0v) is 8.74. The molecule has 1 saturated heterocycles. The van der Waals surface area contributed by atoms with Gasteiger partial charge in [-0.2, -0.15) is 0 Å². The molecule has 1 unspecified atom stereocenters. The van der Waals surface area contributed by atoms with Crippen LogP contribution >= 0.6 is 0 Å². The topological polar surface area (TPSA) is 58.9 Å². The molecular weight excluding hydrogens is 206 g/mol. The SMILES string of the molecule is O=C(O)C(/C=N/C1COC1)c1ccccc1. The normalized spacial score (nSPS) is 18.2. The Hall–Kier alpha value is -1.68. The molecule has 0 spiro atoms. The van der Waals surface area contributed by atoms with E-state index in [4.69, 9.17) is 9.84 Å². The number of carboxylic acids is 1. The van der Waals surface area contributed by atoms with Crippen molar-refractivity contribution in [3.05, 3.63) is 35.9 Å². The number of carboxylic acid groups (broad SMARTS) is 1. The van der Waals surface area contributed by atoms with Crippen molar-refractivity contribution in [1.29, 1.82) is 0 Å². The second-order valence-corrected chi connectivity index (χ2v) is 3.72. The molecule has 1 aliphatic heterocycles. The van der Waals surface area contributed by atoms with Crippen LogP contribution in [-0.4, -0.2) is 36.5 Å². The van der Waals surface area contributed by atoms with E-state index < -0.39 is 11.9 Å². The number of ether oxygens (including phenoxy) is 1. The molecule has 0 saturated carbocycles. The van der Waals surface area contributed by atoms with Gasteiger partial charge in [-0.15, -0.1) is 0 Å². The van der Waals surface area contributed by atoms with Crippen molar-refractivity contribution in [2.45, 2.75) is 12.0 Å². The fourth-order valence-corrected chi connectivity index (χ4v) is 1.47. The van der Waals surface area contributed by atoms with Crippen LogP contribution in [0.25, 0.3) is 0 Å². The molecule has 0 bridgehead atoms. The molecule has 1 fully saturated rings. The van der Waals surface area contributed by atoms with Gasteiger partial charge in [0.25, 0.3) is 0 Å². The molecule has 0 aliphatic carbocycles. The molecule has 1 aromatic carbocycles. The lowest BCUT2D eigenvalue weighted by atomic mass is 10.0. The molecular formula is C12H13NO3. The van der Waals surface area contributed by atoms with Crippen molar-refractivity contribution < 1.29 is 14.6 Å². The third kappa shape index (κ3) is 2.46. The van der Waals surface area contributed by atoms with Gasteiger partial charge in [0, 0.05) is 6.21 Å². The minimum Gasteiger partial charge on any atom is -0.481 e. The molecule has 1 atom stereocenters. The smallest absolute Gasteiger partial charge is 0.316 e. The predicted octanol–water partition coefficient (Wildman–Crippen LogP) is 1.32. The second kappa shape index (κ2) is 4.90. The number of hydrogen-bond donors (Lipinski definition) is 1. The average molecular weight is 219 g/mol. The minimum absolute atomic E-state index is 0.130. The van der Waals surface area contributed by atoms with Crippen LogP contribution in [-0.2, 0) is 9.53 Å². The Morgan fingerprint density at radius 1 is 1.44 bits per heavy atom. The van der Waals surface area contributed by atoms with Crippen molar-refractivity contribution >= 4 is 12.2 Å². The van der Waals surface area contributed by atoms with Gasteiger partial charge in [0.2, 0.25) is 0 Å². The lowest BCUT2D eigenvalue weighted by Gasteiger charge is -2.22. The Labute approximate surface area is 93.6 Å². The zero-order chi connectivity index (χ0) is 11.4. The Morgan fingerprint density at radius 3 is 2.62 bits per heavy atom. The average Bonchev–Trinajstić information content (AvgIpc) is 2.22. The van der Waals surface area contributed by atoms with E-state index in [0.29, 0.717) is 13.2 Å². The highest BCUT2D eigenvalue weighted by atomic mass is 16.5. The van der Waals surface area contributed by atoms with E-state index in [2.05, 4.69) is 4.99 Å². The number of rotatable bonds is 4. The largest absolute Gasteiger partial charge is 0.481 e. The summed E-state index contributed by atoms with van der Waals surface area (Å²) in [7, 11) is 0. The number of aliphatic carboxylic acids is 1. The summed E-state index contributed by atoms with van der Waals surface area (Å²) in [5.41, 5.74) is 0.749. The number of hydrogen-bond acceptors (Lipinski definition) is 3. The first-order valence-corrected chi connectivity index (χ1v) is 5.16. The quantitative estimate of drug-likeness (QED) is 0.777. The molecule has 1 aromatic rings. The fraction of sp³-hybridized carbons (Fsp3) is 0.333. The number of carbonyl (C=O) groups is 1. The van der Waals surface area contributed by atoms with E-state index in [-0.39, 0.29) is 6.04 Å². The van der Waals surface area contributed by atoms with Gasteiger partial charge < -0.3 is 9.84 Å². The minimum atomic E-state index is -0.879. The summed E-state index contributed by atoms with van der Waals surface area (Å²) < 4.78 is 4.97. The van der Waals surface area contributed by atoms with Crippen molar-refractivity contribution in [2.24, 2.45) is 4.99 Å². The lowest BCUT2D eigenvalue weighted by molar-refractivity contribution is -0.136. The van der Waals surface area contributed by atoms with Crippen molar-refractivity contribution in [3.63, 3.8) is 0 Å². The first-order chi connectivity index (χ1) is 7.77. The lowest BCUT2D eigenvalue weighted by Crippen LogP contribution is -2.32. The van der Waals surface area contributed by atoms with Gasteiger partial charge in [0.1, 0.15) is 5.92 Å². The summed E-state index contributed by atoms with van der Waals surface area (Å²) in [4.78, 5) is 15.3. The van der Waals surface area contributed by atoms with Gasteiger partial charge in [-0.1, -0.05) is 30.3 Å². The van der Waals surface area contributed by atoms with Gasteiger partial charge >= 0.3 is 5.97 Å². The molecule has 1 heterocycles. The molecule has 84 valence electrons. The maximum absolute atomic E-state index is 11.1. The molecule has 0 radical (unpaired) electrons. The molecule has 1 aliphatic rings. The van der Waals surface area contributed by atoms with Crippen LogP contribution in [0.2, 0.25) is 0 Å². The van der Waals surface area contributed by atoms with Crippen LogP contribution in [0.5, 0.6) is 0 Å². The summed E-state index contributed by atoms with van der Waals surface area (Å²) in [6.07, 6.45) is 1.50. The molecule has 4 heteroatoms. The van der Waals surface area contributed by atoms with Gasteiger partial charge in [-0.3, -0.25) is 9.79 Å². The maximum Gasteiger partial charge on any atom is 0.316 e. The number of aliphatic imine (C=N–C) groups is 1. The standard InChI is InChI=1S/C12H13NO3/c14-12(15)11(6-13-10-7-16-8-10)9-4-2-1-3-5-9/h1-6,10-11H,7-8H2,(H,14,15)/b13-6+. The summed E-state index contributed by atoms with van der Waals surface area (Å²) >= 11 is 0. The molecule has 4 nitrogen and oxygen atoms in total. The number of nitrogens with zero attached hydrogens (tertiary/aromatic N) is 1. The van der Waals surface area contributed by atoms with E-state index in [9.17, 15) is 4.79 Å².